The van der Waals surface area contributed by atoms with Gasteiger partial charge in [-0.15, -0.1) is 0 Å². The second kappa shape index (κ2) is 6.00. The maximum atomic E-state index is 13.0. The fourth-order valence-corrected chi connectivity index (χ4v) is 2.15. The van der Waals surface area contributed by atoms with Crippen LogP contribution in [0.3, 0.4) is 0 Å². The lowest BCUT2D eigenvalue weighted by atomic mass is 10.3. The molecule has 1 heterocycles. The Morgan fingerprint density at radius 2 is 2.29 bits per heavy atom. The van der Waals surface area contributed by atoms with Crippen LogP contribution in [0.1, 0.15) is 0 Å². The zero-order chi connectivity index (χ0) is 12.1. The monoisotopic (exact) mass is 255 g/mol. The van der Waals surface area contributed by atoms with Gasteiger partial charge in [-0.1, -0.05) is 11.8 Å². The number of aromatic amines is 1. The number of benzene rings is 1. The lowest BCUT2D eigenvalue weighted by Crippen LogP contribution is -2.09. The summed E-state index contributed by atoms with van der Waals surface area (Å²) in [6, 6.07) is 4.51. The molecule has 0 atom stereocenters. The number of ether oxygens (including phenoxy) is 1. The van der Waals surface area contributed by atoms with Crippen molar-refractivity contribution in [2.75, 3.05) is 25.5 Å². The van der Waals surface area contributed by atoms with E-state index in [4.69, 9.17) is 10.5 Å². The third-order valence-electron chi connectivity index (χ3n) is 2.15. The van der Waals surface area contributed by atoms with E-state index in [0.717, 1.165) is 21.9 Å². The van der Waals surface area contributed by atoms with Gasteiger partial charge >= 0.3 is 0 Å². The zero-order valence-electron chi connectivity index (χ0n) is 9.28. The first-order valence-electron chi connectivity index (χ1n) is 5.35. The Labute approximate surface area is 103 Å². The van der Waals surface area contributed by atoms with Crippen LogP contribution < -0.4 is 5.73 Å². The number of thioether (sulfide) groups is 1. The van der Waals surface area contributed by atoms with Crippen LogP contribution in [0.15, 0.2) is 23.4 Å². The molecule has 92 valence electrons. The highest BCUT2D eigenvalue weighted by Gasteiger charge is 2.03. The second-order valence-corrected chi connectivity index (χ2v) is 4.54. The molecule has 3 N–H and O–H groups in total. The van der Waals surface area contributed by atoms with Gasteiger partial charge in [0.05, 0.1) is 24.2 Å². The highest BCUT2D eigenvalue weighted by molar-refractivity contribution is 7.99. The number of rotatable bonds is 6. The van der Waals surface area contributed by atoms with Crippen molar-refractivity contribution in [3.05, 3.63) is 24.0 Å². The van der Waals surface area contributed by atoms with Crippen LogP contribution in [0.4, 0.5) is 4.39 Å². The van der Waals surface area contributed by atoms with Crippen molar-refractivity contribution in [2.24, 2.45) is 5.73 Å². The summed E-state index contributed by atoms with van der Waals surface area (Å²) < 4.78 is 18.2. The number of imidazole rings is 1. The summed E-state index contributed by atoms with van der Waals surface area (Å²) in [5.41, 5.74) is 6.79. The minimum Gasteiger partial charge on any atom is -0.379 e. The van der Waals surface area contributed by atoms with E-state index in [2.05, 4.69) is 9.97 Å². The molecule has 6 heteroatoms. The van der Waals surface area contributed by atoms with E-state index in [-0.39, 0.29) is 5.82 Å². The number of nitrogens with two attached hydrogens (primary N) is 1. The van der Waals surface area contributed by atoms with Crippen molar-refractivity contribution >= 4 is 22.8 Å². The van der Waals surface area contributed by atoms with E-state index < -0.39 is 0 Å². The van der Waals surface area contributed by atoms with E-state index in [0.29, 0.717) is 19.8 Å². The maximum Gasteiger partial charge on any atom is 0.166 e. The summed E-state index contributed by atoms with van der Waals surface area (Å²) in [6.45, 7) is 1.74. The van der Waals surface area contributed by atoms with Gasteiger partial charge in [-0.25, -0.2) is 9.37 Å². The van der Waals surface area contributed by atoms with Gasteiger partial charge in [0.1, 0.15) is 5.82 Å². The van der Waals surface area contributed by atoms with Crippen LogP contribution >= 0.6 is 11.8 Å². The topological polar surface area (TPSA) is 63.9 Å². The molecule has 2 rings (SSSR count). The third kappa shape index (κ3) is 3.42. The van der Waals surface area contributed by atoms with Gasteiger partial charge in [0, 0.05) is 12.3 Å². The standard InChI is InChI=1S/C11H14FN3OS/c12-8-1-2-9-10(7-8)15-11(14-9)17-6-5-16-4-3-13/h1-2,7H,3-6,13H2,(H,14,15). The lowest BCUT2D eigenvalue weighted by Gasteiger charge is -1.99. The lowest BCUT2D eigenvalue weighted by molar-refractivity contribution is 0.158. The first-order chi connectivity index (χ1) is 8.29. The van der Waals surface area contributed by atoms with E-state index in [1.807, 2.05) is 0 Å². The predicted octanol–water partition coefficient (Wildman–Crippen LogP) is 1.77. The Hall–Kier alpha value is -1.11. The van der Waals surface area contributed by atoms with E-state index >= 15 is 0 Å². The van der Waals surface area contributed by atoms with Crippen molar-refractivity contribution < 1.29 is 9.13 Å². The number of nitrogens with one attached hydrogen (secondary N) is 1. The first-order valence-corrected chi connectivity index (χ1v) is 6.34. The van der Waals surface area contributed by atoms with Crippen molar-refractivity contribution in [1.82, 2.24) is 9.97 Å². The largest absolute Gasteiger partial charge is 0.379 e. The molecule has 0 radical (unpaired) electrons. The molecule has 1 aromatic heterocycles. The minimum absolute atomic E-state index is 0.260. The smallest absolute Gasteiger partial charge is 0.166 e. The maximum absolute atomic E-state index is 13.0. The Bertz CT molecular complexity index is 489. The van der Waals surface area contributed by atoms with E-state index in [1.54, 1.807) is 17.8 Å². The summed E-state index contributed by atoms with van der Waals surface area (Å²) in [5, 5.41) is 0.780. The van der Waals surface area contributed by atoms with Gasteiger partial charge in [-0.05, 0) is 18.2 Å². The number of hydrogen-bond acceptors (Lipinski definition) is 4. The average molecular weight is 255 g/mol. The second-order valence-electron chi connectivity index (χ2n) is 3.45. The summed E-state index contributed by atoms with van der Waals surface area (Å²) in [4.78, 5) is 7.39. The third-order valence-corrected chi connectivity index (χ3v) is 2.99. The summed E-state index contributed by atoms with van der Waals surface area (Å²) in [7, 11) is 0. The van der Waals surface area contributed by atoms with Crippen molar-refractivity contribution in [3.8, 4) is 0 Å². The Morgan fingerprint density at radius 3 is 3.12 bits per heavy atom. The quantitative estimate of drug-likeness (QED) is 0.610. The molecule has 2 aromatic rings. The zero-order valence-corrected chi connectivity index (χ0v) is 10.1. The molecule has 0 saturated carbocycles. The molecule has 0 fully saturated rings. The molecule has 4 nitrogen and oxygen atoms in total. The number of hydrogen-bond donors (Lipinski definition) is 2. The highest BCUT2D eigenvalue weighted by atomic mass is 32.2. The van der Waals surface area contributed by atoms with Crippen molar-refractivity contribution in [2.45, 2.75) is 5.16 Å². The van der Waals surface area contributed by atoms with Crippen LogP contribution in [0.2, 0.25) is 0 Å². The molecule has 0 aliphatic rings. The summed E-state index contributed by atoms with van der Waals surface area (Å²) >= 11 is 1.55. The average Bonchev–Trinajstić information content (AvgIpc) is 2.70. The molecule has 0 saturated heterocycles. The molecule has 0 aliphatic heterocycles. The van der Waals surface area contributed by atoms with Crippen LogP contribution in [0.25, 0.3) is 11.0 Å². The molecule has 0 amide bonds. The van der Waals surface area contributed by atoms with Gasteiger partial charge in [-0.3, -0.25) is 0 Å². The van der Waals surface area contributed by atoms with Crippen molar-refractivity contribution in [3.63, 3.8) is 0 Å². The van der Waals surface area contributed by atoms with Gasteiger partial charge in [-0.2, -0.15) is 0 Å². The molecule has 0 aliphatic carbocycles. The highest BCUT2D eigenvalue weighted by Crippen LogP contribution is 2.19. The molecular weight excluding hydrogens is 241 g/mol. The fraction of sp³-hybridized carbons (Fsp3) is 0.364. The van der Waals surface area contributed by atoms with Crippen LogP contribution in [-0.4, -0.2) is 35.5 Å². The first kappa shape index (κ1) is 12.3. The predicted molar refractivity (Wildman–Crippen MR) is 66.6 cm³/mol. The molecular formula is C11H14FN3OS. The molecule has 17 heavy (non-hydrogen) atoms. The summed E-state index contributed by atoms with van der Waals surface area (Å²) in [5.74, 6) is 0.534. The van der Waals surface area contributed by atoms with Gasteiger partial charge in [0.15, 0.2) is 5.16 Å². The number of H-pyrrole nitrogens is 1. The number of halogens is 1. The van der Waals surface area contributed by atoms with Crippen LogP contribution in [0.5, 0.6) is 0 Å². The summed E-state index contributed by atoms with van der Waals surface area (Å²) in [6.07, 6.45) is 0. The fourth-order valence-electron chi connectivity index (χ4n) is 1.41. The van der Waals surface area contributed by atoms with Crippen molar-refractivity contribution in [1.29, 1.82) is 0 Å². The Balaban J connectivity index is 1.91. The normalized spacial score (nSPS) is 11.2. The molecule has 0 spiro atoms. The minimum atomic E-state index is -0.260. The van der Waals surface area contributed by atoms with E-state index in [9.17, 15) is 4.39 Å². The molecule has 0 bridgehead atoms. The Morgan fingerprint density at radius 1 is 1.41 bits per heavy atom. The number of nitrogens with zero attached hydrogens (tertiary/aromatic N) is 1. The van der Waals surface area contributed by atoms with Gasteiger partial charge in [0.25, 0.3) is 0 Å². The van der Waals surface area contributed by atoms with Crippen LogP contribution in [0, 0.1) is 5.82 Å². The van der Waals surface area contributed by atoms with Gasteiger partial charge < -0.3 is 15.5 Å². The number of fused-ring (bicyclic) bond motifs is 1. The van der Waals surface area contributed by atoms with E-state index in [1.165, 1.54) is 12.1 Å². The number of aromatic nitrogens is 2. The molecule has 0 unspecified atom stereocenters. The van der Waals surface area contributed by atoms with Gasteiger partial charge in [0.2, 0.25) is 0 Å². The molecule has 1 aromatic carbocycles. The SMILES string of the molecule is NCCOCCSc1nc2ccc(F)cc2[nH]1. The van der Waals surface area contributed by atoms with Crippen LogP contribution in [-0.2, 0) is 4.74 Å². The Kier molecular flexibility index (Phi) is 4.36.